The van der Waals surface area contributed by atoms with Crippen LogP contribution >= 0.6 is 0 Å². The topological polar surface area (TPSA) is 86.7 Å². The quantitative estimate of drug-likeness (QED) is 0.857. The minimum Gasteiger partial charge on any atom is -0.481 e. The standard InChI is InChI=1S/C18H19FN2O4/c19-10-1-2-11-12(8-15(22)20-14(11)7-10)16(23)21-5-3-18(4-6-21)9-13(18)17(24)25/h1-2,7,12-13H,3-6,8-9H2,(H,20,22)(H,24,25). The monoisotopic (exact) mass is 346 g/mol. The van der Waals surface area contributed by atoms with Crippen LogP contribution < -0.4 is 5.32 Å². The molecule has 1 saturated heterocycles. The Hall–Kier alpha value is -2.44. The molecular formula is C18H19FN2O4. The highest BCUT2D eigenvalue weighted by Crippen LogP contribution is 2.59. The summed E-state index contributed by atoms with van der Waals surface area (Å²) in [6, 6.07) is 4.09. The molecule has 2 amide bonds. The maximum absolute atomic E-state index is 13.4. The van der Waals surface area contributed by atoms with E-state index < -0.39 is 17.7 Å². The number of likely N-dealkylation sites (tertiary alicyclic amines) is 1. The van der Waals surface area contributed by atoms with E-state index in [-0.39, 0.29) is 29.6 Å². The molecule has 1 aromatic rings. The first-order valence-electron chi connectivity index (χ1n) is 8.50. The molecule has 2 atom stereocenters. The summed E-state index contributed by atoms with van der Waals surface area (Å²) in [6.07, 6.45) is 2.12. The van der Waals surface area contributed by atoms with Crippen LogP contribution in [0.4, 0.5) is 10.1 Å². The summed E-state index contributed by atoms with van der Waals surface area (Å²) in [5.41, 5.74) is 0.852. The summed E-state index contributed by atoms with van der Waals surface area (Å²) in [6.45, 7) is 1.02. The molecule has 132 valence electrons. The molecule has 4 rings (SSSR count). The number of halogens is 1. The maximum Gasteiger partial charge on any atom is 0.307 e. The average molecular weight is 346 g/mol. The van der Waals surface area contributed by atoms with Gasteiger partial charge in [0.05, 0.1) is 11.8 Å². The third-order valence-electron chi connectivity index (χ3n) is 5.91. The highest BCUT2D eigenvalue weighted by Gasteiger charge is 2.59. The van der Waals surface area contributed by atoms with Crippen molar-refractivity contribution in [3.8, 4) is 0 Å². The summed E-state index contributed by atoms with van der Waals surface area (Å²) in [5, 5.41) is 11.8. The van der Waals surface area contributed by atoms with E-state index in [4.69, 9.17) is 5.11 Å². The number of carbonyl (C=O) groups is 3. The van der Waals surface area contributed by atoms with Crippen LogP contribution in [0.1, 0.15) is 37.2 Å². The first kappa shape index (κ1) is 16.1. The van der Waals surface area contributed by atoms with Gasteiger partial charge in [-0.1, -0.05) is 6.07 Å². The molecule has 0 bridgehead atoms. The Morgan fingerprint density at radius 2 is 2.00 bits per heavy atom. The van der Waals surface area contributed by atoms with Gasteiger partial charge in [-0.2, -0.15) is 0 Å². The van der Waals surface area contributed by atoms with Crippen LogP contribution in [0.15, 0.2) is 18.2 Å². The van der Waals surface area contributed by atoms with Gasteiger partial charge in [-0.15, -0.1) is 0 Å². The van der Waals surface area contributed by atoms with E-state index in [1.807, 2.05) is 0 Å². The van der Waals surface area contributed by atoms with Crippen LogP contribution in [-0.2, 0) is 14.4 Å². The molecule has 25 heavy (non-hydrogen) atoms. The lowest BCUT2D eigenvalue weighted by Gasteiger charge is -2.36. The molecule has 1 aromatic carbocycles. The lowest BCUT2D eigenvalue weighted by atomic mass is 9.86. The number of aliphatic carboxylic acids is 1. The van der Waals surface area contributed by atoms with Crippen LogP contribution in [-0.4, -0.2) is 40.9 Å². The number of rotatable bonds is 2. The Labute approximate surface area is 144 Å². The van der Waals surface area contributed by atoms with E-state index in [1.54, 1.807) is 11.0 Å². The van der Waals surface area contributed by atoms with Crippen molar-refractivity contribution in [1.29, 1.82) is 0 Å². The van der Waals surface area contributed by atoms with Crippen molar-refractivity contribution in [2.24, 2.45) is 11.3 Å². The van der Waals surface area contributed by atoms with Gasteiger partial charge in [-0.05, 0) is 42.4 Å². The summed E-state index contributed by atoms with van der Waals surface area (Å²) >= 11 is 0. The van der Waals surface area contributed by atoms with E-state index in [1.165, 1.54) is 12.1 Å². The molecule has 1 saturated carbocycles. The molecule has 2 N–H and O–H groups in total. The third-order valence-corrected chi connectivity index (χ3v) is 5.91. The molecule has 2 unspecified atom stereocenters. The number of hydrogen-bond donors (Lipinski definition) is 2. The molecular weight excluding hydrogens is 327 g/mol. The van der Waals surface area contributed by atoms with Gasteiger partial charge in [0.2, 0.25) is 11.8 Å². The number of nitrogens with one attached hydrogen (secondary N) is 1. The van der Waals surface area contributed by atoms with Crippen molar-refractivity contribution in [1.82, 2.24) is 4.90 Å². The zero-order chi connectivity index (χ0) is 17.8. The SMILES string of the molecule is O=C1CC(C(=O)N2CCC3(CC2)CC3C(=O)O)c2ccc(F)cc2N1. The summed E-state index contributed by atoms with van der Waals surface area (Å²) in [4.78, 5) is 37.7. The number of nitrogens with zero attached hydrogens (tertiary/aromatic N) is 1. The molecule has 2 heterocycles. The van der Waals surface area contributed by atoms with Crippen molar-refractivity contribution >= 4 is 23.5 Å². The fourth-order valence-corrected chi connectivity index (χ4v) is 4.30. The second-order valence-electron chi connectivity index (χ2n) is 7.32. The smallest absolute Gasteiger partial charge is 0.307 e. The first-order valence-corrected chi connectivity index (χ1v) is 8.50. The average Bonchev–Trinajstić information content (AvgIpc) is 3.27. The van der Waals surface area contributed by atoms with E-state index >= 15 is 0 Å². The minimum absolute atomic E-state index is 0.0524. The molecule has 1 aliphatic carbocycles. The zero-order valence-corrected chi connectivity index (χ0v) is 13.6. The second-order valence-corrected chi connectivity index (χ2v) is 7.32. The van der Waals surface area contributed by atoms with Crippen LogP contribution in [0, 0.1) is 17.2 Å². The molecule has 1 spiro atoms. The number of anilines is 1. The Bertz CT molecular complexity index is 770. The van der Waals surface area contributed by atoms with E-state index in [2.05, 4.69) is 5.32 Å². The number of benzene rings is 1. The molecule has 0 radical (unpaired) electrons. The fraction of sp³-hybridized carbons (Fsp3) is 0.500. The lowest BCUT2D eigenvalue weighted by molar-refractivity contribution is -0.140. The summed E-state index contributed by atoms with van der Waals surface area (Å²) in [5.74, 6) is -2.52. The van der Waals surface area contributed by atoms with Gasteiger partial charge in [-0.25, -0.2) is 4.39 Å². The largest absolute Gasteiger partial charge is 0.481 e. The van der Waals surface area contributed by atoms with Gasteiger partial charge in [0.1, 0.15) is 5.82 Å². The normalized spacial score (nSPS) is 26.8. The number of hydrogen-bond acceptors (Lipinski definition) is 3. The molecule has 0 aromatic heterocycles. The van der Waals surface area contributed by atoms with Crippen LogP contribution in [0.2, 0.25) is 0 Å². The zero-order valence-electron chi connectivity index (χ0n) is 13.6. The molecule has 2 aliphatic heterocycles. The Morgan fingerprint density at radius 1 is 1.28 bits per heavy atom. The van der Waals surface area contributed by atoms with Gasteiger partial charge in [0.15, 0.2) is 0 Å². The molecule has 7 heteroatoms. The van der Waals surface area contributed by atoms with Crippen molar-refractivity contribution in [2.45, 2.75) is 31.6 Å². The lowest BCUT2D eigenvalue weighted by Crippen LogP contribution is -2.44. The van der Waals surface area contributed by atoms with Crippen LogP contribution in [0.25, 0.3) is 0 Å². The number of piperidine rings is 1. The Balaban J connectivity index is 1.49. The summed E-state index contributed by atoms with van der Waals surface area (Å²) in [7, 11) is 0. The number of amides is 2. The van der Waals surface area contributed by atoms with E-state index in [9.17, 15) is 18.8 Å². The molecule has 2 fully saturated rings. The minimum atomic E-state index is -0.750. The Kier molecular flexibility index (Phi) is 3.56. The van der Waals surface area contributed by atoms with Gasteiger partial charge >= 0.3 is 5.97 Å². The Morgan fingerprint density at radius 3 is 2.64 bits per heavy atom. The van der Waals surface area contributed by atoms with Crippen LogP contribution in [0.3, 0.4) is 0 Å². The van der Waals surface area contributed by atoms with E-state index in [0.29, 0.717) is 43.6 Å². The third kappa shape index (κ3) is 2.67. The maximum atomic E-state index is 13.4. The number of carbonyl (C=O) groups excluding carboxylic acids is 2. The van der Waals surface area contributed by atoms with Crippen molar-refractivity contribution in [3.05, 3.63) is 29.6 Å². The summed E-state index contributed by atoms with van der Waals surface area (Å²) < 4.78 is 13.4. The van der Waals surface area contributed by atoms with Crippen molar-refractivity contribution < 1.29 is 23.9 Å². The second kappa shape index (κ2) is 5.54. The molecule has 3 aliphatic rings. The highest BCUT2D eigenvalue weighted by atomic mass is 19.1. The van der Waals surface area contributed by atoms with Crippen LogP contribution in [0.5, 0.6) is 0 Å². The first-order chi connectivity index (χ1) is 11.9. The van der Waals surface area contributed by atoms with Crippen molar-refractivity contribution in [2.75, 3.05) is 18.4 Å². The van der Waals surface area contributed by atoms with Gasteiger partial charge in [-0.3, -0.25) is 14.4 Å². The number of carboxylic acid groups (broad SMARTS) is 1. The number of fused-ring (bicyclic) bond motifs is 1. The van der Waals surface area contributed by atoms with Gasteiger partial charge < -0.3 is 15.3 Å². The molecule has 6 nitrogen and oxygen atoms in total. The number of carboxylic acids is 1. The van der Waals surface area contributed by atoms with Gasteiger partial charge in [0.25, 0.3) is 0 Å². The predicted molar refractivity (Wildman–Crippen MR) is 86.4 cm³/mol. The van der Waals surface area contributed by atoms with Crippen molar-refractivity contribution in [3.63, 3.8) is 0 Å². The van der Waals surface area contributed by atoms with Gasteiger partial charge in [0, 0.05) is 25.2 Å². The fourth-order valence-electron chi connectivity index (χ4n) is 4.30. The predicted octanol–water partition coefficient (Wildman–Crippen LogP) is 1.96. The highest BCUT2D eigenvalue weighted by molar-refractivity contribution is 6.01. The van der Waals surface area contributed by atoms with E-state index in [0.717, 1.165) is 0 Å².